The lowest BCUT2D eigenvalue weighted by atomic mass is 10.2. The molecular weight excluding hydrogens is 256 g/mol. The highest BCUT2D eigenvalue weighted by atomic mass is 32.1. The Labute approximate surface area is 117 Å². The van der Waals surface area contributed by atoms with Gasteiger partial charge in [0.05, 0.1) is 11.9 Å². The van der Waals surface area contributed by atoms with Crippen molar-refractivity contribution in [3.63, 3.8) is 0 Å². The van der Waals surface area contributed by atoms with Crippen molar-refractivity contribution < 1.29 is 0 Å². The minimum absolute atomic E-state index is 0.495. The van der Waals surface area contributed by atoms with Crippen LogP contribution in [0, 0.1) is 0 Å². The molecule has 1 aliphatic rings. The zero-order valence-corrected chi connectivity index (χ0v) is 12.1. The van der Waals surface area contributed by atoms with Crippen LogP contribution in [0.25, 0.3) is 10.7 Å². The van der Waals surface area contributed by atoms with Crippen LogP contribution in [0.15, 0.2) is 18.6 Å². The molecule has 1 aliphatic carbocycles. The van der Waals surface area contributed by atoms with Crippen molar-refractivity contribution in [1.82, 2.24) is 20.3 Å². The molecule has 0 radical (unpaired) electrons. The molecule has 5 heteroatoms. The molecule has 1 fully saturated rings. The van der Waals surface area contributed by atoms with Crippen LogP contribution in [0.4, 0.5) is 0 Å². The van der Waals surface area contributed by atoms with Crippen LogP contribution in [0.2, 0.25) is 0 Å². The van der Waals surface area contributed by atoms with Gasteiger partial charge in [0.15, 0.2) is 0 Å². The largest absolute Gasteiger partial charge is 0.310 e. The Kier molecular flexibility index (Phi) is 3.57. The summed E-state index contributed by atoms with van der Waals surface area (Å²) in [5.74, 6) is 0.672. The van der Waals surface area contributed by atoms with Crippen molar-refractivity contribution in [2.24, 2.45) is 0 Å². The SMILES string of the molecule is CC(C)NCc1sc(-c2cnccn2)nc1C1CC1. The average molecular weight is 274 g/mol. The van der Waals surface area contributed by atoms with Crippen LogP contribution >= 0.6 is 11.3 Å². The number of hydrogen-bond acceptors (Lipinski definition) is 5. The van der Waals surface area contributed by atoms with E-state index in [1.165, 1.54) is 23.4 Å². The van der Waals surface area contributed by atoms with Crippen molar-refractivity contribution in [2.75, 3.05) is 0 Å². The van der Waals surface area contributed by atoms with E-state index in [4.69, 9.17) is 4.98 Å². The van der Waals surface area contributed by atoms with Crippen LogP contribution < -0.4 is 5.32 Å². The Hall–Kier alpha value is -1.33. The smallest absolute Gasteiger partial charge is 0.144 e. The van der Waals surface area contributed by atoms with Gasteiger partial charge in [0.2, 0.25) is 0 Å². The standard InChI is InChI=1S/C14H18N4S/c1-9(2)17-8-12-13(10-3-4-10)18-14(19-12)11-7-15-5-6-16-11/h5-7,9-10,17H,3-4,8H2,1-2H3. The van der Waals surface area contributed by atoms with Gasteiger partial charge in [-0.15, -0.1) is 11.3 Å². The topological polar surface area (TPSA) is 50.7 Å². The molecule has 0 saturated heterocycles. The lowest BCUT2D eigenvalue weighted by Crippen LogP contribution is -2.21. The highest BCUT2D eigenvalue weighted by Crippen LogP contribution is 2.43. The van der Waals surface area contributed by atoms with Gasteiger partial charge in [-0.2, -0.15) is 0 Å². The Morgan fingerprint density at radius 3 is 2.84 bits per heavy atom. The Balaban J connectivity index is 1.88. The number of thiazole rings is 1. The Morgan fingerprint density at radius 1 is 1.37 bits per heavy atom. The van der Waals surface area contributed by atoms with E-state index < -0.39 is 0 Å². The first-order valence-corrected chi connectivity index (χ1v) is 7.55. The first-order valence-electron chi connectivity index (χ1n) is 6.73. The van der Waals surface area contributed by atoms with Gasteiger partial charge in [-0.1, -0.05) is 13.8 Å². The van der Waals surface area contributed by atoms with Gasteiger partial charge < -0.3 is 5.32 Å². The van der Waals surface area contributed by atoms with Gasteiger partial charge in [0.25, 0.3) is 0 Å². The lowest BCUT2D eigenvalue weighted by Gasteiger charge is -2.06. The van der Waals surface area contributed by atoms with Crippen LogP contribution in [-0.2, 0) is 6.54 Å². The molecule has 0 atom stereocenters. The summed E-state index contributed by atoms with van der Waals surface area (Å²) in [6.07, 6.45) is 7.76. The molecule has 2 heterocycles. The molecule has 1 N–H and O–H groups in total. The maximum Gasteiger partial charge on any atom is 0.144 e. The van der Waals surface area contributed by atoms with Crippen LogP contribution in [0.5, 0.6) is 0 Å². The van der Waals surface area contributed by atoms with Gasteiger partial charge in [0, 0.05) is 35.8 Å². The Morgan fingerprint density at radius 2 is 2.21 bits per heavy atom. The maximum absolute atomic E-state index is 4.80. The summed E-state index contributed by atoms with van der Waals surface area (Å²) in [7, 11) is 0. The molecule has 1 saturated carbocycles. The van der Waals surface area contributed by atoms with Crippen molar-refractivity contribution in [3.05, 3.63) is 29.2 Å². The number of nitrogens with one attached hydrogen (secondary N) is 1. The van der Waals surface area contributed by atoms with E-state index in [0.29, 0.717) is 12.0 Å². The van der Waals surface area contributed by atoms with Crippen molar-refractivity contribution in [1.29, 1.82) is 0 Å². The van der Waals surface area contributed by atoms with E-state index in [9.17, 15) is 0 Å². The summed E-state index contributed by atoms with van der Waals surface area (Å²) in [4.78, 5) is 14.6. The summed E-state index contributed by atoms with van der Waals surface area (Å²) in [6, 6.07) is 0.495. The molecule has 4 nitrogen and oxygen atoms in total. The number of rotatable bonds is 5. The van der Waals surface area contributed by atoms with Crippen LogP contribution in [0.3, 0.4) is 0 Å². The molecule has 3 rings (SSSR count). The van der Waals surface area contributed by atoms with E-state index >= 15 is 0 Å². The predicted octanol–water partition coefficient (Wildman–Crippen LogP) is 2.98. The molecule has 19 heavy (non-hydrogen) atoms. The van der Waals surface area contributed by atoms with Gasteiger partial charge in [-0.3, -0.25) is 9.97 Å². The lowest BCUT2D eigenvalue weighted by molar-refractivity contribution is 0.590. The second kappa shape index (κ2) is 5.35. The van der Waals surface area contributed by atoms with E-state index in [1.807, 2.05) is 0 Å². The molecule has 0 spiro atoms. The number of hydrogen-bond donors (Lipinski definition) is 1. The monoisotopic (exact) mass is 274 g/mol. The number of nitrogens with zero attached hydrogens (tertiary/aromatic N) is 3. The molecular formula is C14H18N4S. The average Bonchev–Trinajstić information content (AvgIpc) is 3.17. The quantitative estimate of drug-likeness (QED) is 0.910. The molecule has 100 valence electrons. The molecule has 0 bridgehead atoms. The van der Waals surface area contributed by atoms with E-state index in [-0.39, 0.29) is 0 Å². The first-order chi connectivity index (χ1) is 9.24. The Bertz CT molecular complexity index is 546. The number of aromatic nitrogens is 3. The summed E-state index contributed by atoms with van der Waals surface area (Å²) in [6.45, 7) is 5.24. The first kappa shape index (κ1) is 12.7. The summed E-state index contributed by atoms with van der Waals surface area (Å²) in [5, 5.41) is 4.48. The highest BCUT2D eigenvalue weighted by molar-refractivity contribution is 7.15. The van der Waals surface area contributed by atoms with E-state index in [0.717, 1.165) is 17.2 Å². The molecule has 0 aliphatic heterocycles. The zero-order valence-electron chi connectivity index (χ0n) is 11.3. The van der Waals surface area contributed by atoms with Gasteiger partial charge in [-0.05, 0) is 12.8 Å². The third kappa shape index (κ3) is 2.98. The third-order valence-electron chi connectivity index (χ3n) is 3.14. The molecule has 0 amide bonds. The molecule has 0 aromatic carbocycles. The highest BCUT2D eigenvalue weighted by Gasteiger charge is 2.29. The van der Waals surface area contributed by atoms with Crippen LogP contribution in [-0.4, -0.2) is 21.0 Å². The molecule has 0 unspecified atom stereocenters. The van der Waals surface area contributed by atoms with E-state index in [2.05, 4.69) is 29.1 Å². The third-order valence-corrected chi connectivity index (χ3v) is 4.24. The summed E-state index contributed by atoms with van der Waals surface area (Å²) in [5.41, 5.74) is 2.16. The van der Waals surface area contributed by atoms with Crippen molar-refractivity contribution >= 4 is 11.3 Å². The zero-order chi connectivity index (χ0) is 13.2. The minimum Gasteiger partial charge on any atom is -0.310 e. The van der Waals surface area contributed by atoms with Gasteiger partial charge >= 0.3 is 0 Å². The van der Waals surface area contributed by atoms with Crippen molar-refractivity contribution in [3.8, 4) is 10.7 Å². The van der Waals surface area contributed by atoms with Gasteiger partial charge in [0.1, 0.15) is 10.7 Å². The fourth-order valence-electron chi connectivity index (χ4n) is 1.98. The fourth-order valence-corrected chi connectivity index (χ4v) is 3.04. The second-order valence-corrected chi connectivity index (χ2v) is 6.31. The minimum atomic E-state index is 0.495. The summed E-state index contributed by atoms with van der Waals surface area (Å²) < 4.78 is 0. The molecule has 2 aromatic rings. The fraction of sp³-hybridized carbons (Fsp3) is 0.500. The second-order valence-electron chi connectivity index (χ2n) is 5.23. The van der Waals surface area contributed by atoms with Crippen molar-refractivity contribution in [2.45, 2.75) is 45.2 Å². The molecule has 2 aromatic heterocycles. The normalized spacial score (nSPS) is 15.1. The van der Waals surface area contributed by atoms with Gasteiger partial charge in [-0.25, -0.2) is 4.98 Å². The summed E-state index contributed by atoms with van der Waals surface area (Å²) >= 11 is 1.75. The van der Waals surface area contributed by atoms with E-state index in [1.54, 1.807) is 29.9 Å². The predicted molar refractivity (Wildman–Crippen MR) is 77.1 cm³/mol. The maximum atomic E-state index is 4.80. The van der Waals surface area contributed by atoms with Crippen LogP contribution in [0.1, 0.15) is 43.2 Å².